The van der Waals surface area contributed by atoms with E-state index < -0.39 is 0 Å². The zero-order valence-corrected chi connectivity index (χ0v) is 34.3. The molecule has 0 heterocycles. The maximum atomic E-state index is 10.6. The largest absolute Gasteiger partial charge is 0.455 e. The molecule has 4 aromatic rings. The van der Waals surface area contributed by atoms with Crippen molar-refractivity contribution < 1.29 is 4.74 Å². The minimum atomic E-state index is 0.520. The summed E-state index contributed by atoms with van der Waals surface area (Å²) in [6, 6.07) is 31.4. The van der Waals surface area contributed by atoms with Crippen LogP contribution in [0, 0.1) is 34.5 Å². The Morgan fingerprint density at radius 2 is 0.891 bits per heavy atom. The van der Waals surface area contributed by atoms with Gasteiger partial charge in [0.2, 0.25) is 0 Å². The van der Waals surface area contributed by atoms with E-state index >= 15 is 0 Å². The Kier molecular flexibility index (Phi) is 14.7. The van der Waals surface area contributed by atoms with E-state index in [-0.39, 0.29) is 0 Å². The summed E-state index contributed by atoms with van der Waals surface area (Å²) in [7, 11) is 0. The van der Waals surface area contributed by atoms with Crippen LogP contribution < -0.4 is 4.74 Å². The molecule has 0 radical (unpaired) electrons. The zero-order chi connectivity index (χ0) is 38.6. The summed E-state index contributed by atoms with van der Waals surface area (Å²) in [5.74, 6) is 4.18. The van der Waals surface area contributed by atoms with Crippen molar-refractivity contribution in [2.45, 2.75) is 155 Å². The maximum absolute atomic E-state index is 10.6. The molecule has 2 aliphatic carbocycles. The highest BCUT2D eigenvalue weighted by Crippen LogP contribution is 2.40. The monoisotopic (exact) mass is 733 g/mol. The predicted molar refractivity (Wildman–Crippen MR) is 228 cm³/mol. The molecule has 3 nitrogen and oxygen atoms in total. The number of benzene rings is 4. The van der Waals surface area contributed by atoms with Crippen molar-refractivity contribution in [3.63, 3.8) is 0 Å². The van der Waals surface area contributed by atoms with Gasteiger partial charge in [-0.1, -0.05) is 127 Å². The van der Waals surface area contributed by atoms with Gasteiger partial charge in [0.1, 0.15) is 23.6 Å². The summed E-state index contributed by atoms with van der Waals surface area (Å²) < 4.78 is 6.60. The zero-order valence-electron chi connectivity index (χ0n) is 34.3. The van der Waals surface area contributed by atoms with E-state index in [2.05, 4.69) is 100 Å². The summed E-state index contributed by atoms with van der Waals surface area (Å²) in [5, 5.41) is 21.2. The molecular weight excluding hydrogens is 669 g/mol. The van der Waals surface area contributed by atoms with E-state index in [1.165, 1.54) is 112 Å². The molecule has 0 saturated heterocycles. The first-order chi connectivity index (χ1) is 27.0. The van der Waals surface area contributed by atoms with Crippen molar-refractivity contribution in [2.75, 3.05) is 0 Å². The molecule has 6 rings (SSSR count). The van der Waals surface area contributed by atoms with Gasteiger partial charge in [-0.25, -0.2) is 0 Å². The molecule has 0 bridgehead atoms. The fraction of sp³-hybridized carbons (Fsp3) is 0.500. The third kappa shape index (κ3) is 10.1. The lowest BCUT2D eigenvalue weighted by molar-refractivity contribution is 0.304. The second-order valence-electron chi connectivity index (χ2n) is 16.7. The van der Waals surface area contributed by atoms with Gasteiger partial charge in [0.05, 0.1) is 11.1 Å². The van der Waals surface area contributed by atoms with Gasteiger partial charge in [-0.15, -0.1) is 0 Å². The highest BCUT2D eigenvalue weighted by Gasteiger charge is 2.24. The Labute approximate surface area is 333 Å². The third-order valence-corrected chi connectivity index (χ3v) is 13.2. The molecule has 288 valence electrons. The van der Waals surface area contributed by atoms with Crippen LogP contribution >= 0.6 is 0 Å². The quantitative estimate of drug-likeness (QED) is 0.115. The van der Waals surface area contributed by atoms with Crippen molar-refractivity contribution >= 4 is 0 Å². The Balaban J connectivity index is 1.18. The summed E-state index contributed by atoms with van der Waals surface area (Å²) in [5.41, 5.74) is 10.8. The molecule has 0 amide bonds. The van der Waals surface area contributed by atoms with E-state index in [0.717, 1.165) is 46.9 Å². The molecule has 0 aromatic heterocycles. The van der Waals surface area contributed by atoms with Crippen molar-refractivity contribution in [1.29, 1.82) is 10.5 Å². The summed E-state index contributed by atoms with van der Waals surface area (Å²) >= 11 is 0. The van der Waals surface area contributed by atoms with E-state index in [1.807, 2.05) is 12.1 Å². The minimum Gasteiger partial charge on any atom is -0.455 e. The Bertz CT molecular complexity index is 1770. The van der Waals surface area contributed by atoms with Crippen LogP contribution in [-0.2, 0) is 25.7 Å². The third-order valence-electron chi connectivity index (χ3n) is 13.2. The number of nitrogens with zero attached hydrogens (tertiary/aromatic N) is 2. The maximum Gasteiger partial charge on any atom is 0.145 e. The van der Waals surface area contributed by atoms with Crippen LogP contribution in [0.5, 0.6) is 11.5 Å². The Morgan fingerprint density at radius 3 is 1.22 bits per heavy atom. The number of ether oxygens (including phenoxy) is 1. The Hall–Kier alpha value is -4.34. The highest BCUT2D eigenvalue weighted by atomic mass is 16.5. The van der Waals surface area contributed by atoms with Crippen LogP contribution in [0.4, 0.5) is 0 Å². The predicted octanol–water partition coefficient (Wildman–Crippen LogP) is 14.5. The first-order valence-corrected chi connectivity index (χ1v) is 21.9. The number of unbranched alkanes of at least 4 members (excludes halogenated alkanes) is 2. The van der Waals surface area contributed by atoms with Crippen LogP contribution in [0.1, 0.15) is 185 Å². The first kappa shape index (κ1) is 40.3. The van der Waals surface area contributed by atoms with Crippen LogP contribution in [0.25, 0.3) is 0 Å². The Morgan fingerprint density at radius 1 is 0.509 bits per heavy atom. The van der Waals surface area contributed by atoms with Crippen molar-refractivity contribution in [3.05, 3.63) is 128 Å². The minimum absolute atomic E-state index is 0.520. The van der Waals surface area contributed by atoms with Crippen LogP contribution in [0.2, 0.25) is 0 Å². The second-order valence-corrected chi connectivity index (χ2v) is 16.7. The SMILES string of the molecule is CCCCC1CCC(c2ccc(Cc3c(CC)ccc(Oc4ccc(CC)c(Cc5ccc(C6CCC(CCCC)CC6)cc5)c4C#N)c3C#N)cc2)CC1. The first-order valence-electron chi connectivity index (χ1n) is 21.9. The lowest BCUT2D eigenvalue weighted by Crippen LogP contribution is -2.13. The van der Waals surface area contributed by atoms with Gasteiger partial charge < -0.3 is 4.74 Å². The van der Waals surface area contributed by atoms with Gasteiger partial charge in [0.25, 0.3) is 0 Å². The molecule has 4 aromatic carbocycles. The van der Waals surface area contributed by atoms with Gasteiger partial charge in [-0.2, -0.15) is 10.5 Å². The van der Waals surface area contributed by atoms with E-state index in [1.54, 1.807) is 0 Å². The fourth-order valence-electron chi connectivity index (χ4n) is 9.72. The standard InChI is InChI=1S/C52H64N2O/c1-5-9-11-37-13-21-43(22-14-37)45-25-17-39(18-26-45)33-47-41(7-3)29-31-51(49(47)35-53)55-52-32-30-42(8-4)48(50(52)36-54)34-40-19-27-46(28-20-40)44-23-15-38(16-24-44)12-10-6-2/h17-20,25-32,37-38,43-44H,5-16,21-24,33-34H2,1-4H3. The number of hydrogen-bond acceptors (Lipinski definition) is 3. The van der Waals surface area contributed by atoms with Crippen LogP contribution in [0.3, 0.4) is 0 Å². The molecule has 55 heavy (non-hydrogen) atoms. The molecule has 0 atom stereocenters. The molecule has 3 heteroatoms. The number of aryl methyl sites for hydroxylation is 2. The van der Waals surface area contributed by atoms with Gasteiger partial charge in [-0.3, -0.25) is 0 Å². The molecule has 0 spiro atoms. The molecular formula is C52H64N2O. The second kappa shape index (κ2) is 20.0. The summed E-state index contributed by atoms with van der Waals surface area (Å²) in [6.45, 7) is 8.89. The van der Waals surface area contributed by atoms with Crippen LogP contribution in [-0.4, -0.2) is 0 Å². The molecule has 0 aliphatic heterocycles. The summed E-state index contributed by atoms with van der Waals surface area (Å²) in [4.78, 5) is 0. The smallest absolute Gasteiger partial charge is 0.145 e. The van der Waals surface area contributed by atoms with Crippen molar-refractivity contribution in [3.8, 4) is 23.6 Å². The van der Waals surface area contributed by atoms with E-state index in [9.17, 15) is 10.5 Å². The van der Waals surface area contributed by atoms with E-state index in [0.29, 0.717) is 47.3 Å². The number of hydrogen-bond donors (Lipinski definition) is 0. The topological polar surface area (TPSA) is 56.8 Å². The molecule has 0 N–H and O–H groups in total. The molecule has 0 unspecified atom stereocenters. The number of rotatable bonds is 16. The number of nitriles is 2. The summed E-state index contributed by atoms with van der Waals surface area (Å²) in [6.07, 6.45) is 21.7. The lowest BCUT2D eigenvalue weighted by atomic mass is 9.77. The molecule has 2 saturated carbocycles. The van der Waals surface area contributed by atoms with Gasteiger partial charge in [0.15, 0.2) is 0 Å². The highest BCUT2D eigenvalue weighted by molar-refractivity contribution is 5.59. The average Bonchev–Trinajstić information content (AvgIpc) is 3.23. The van der Waals surface area contributed by atoms with Gasteiger partial charge >= 0.3 is 0 Å². The van der Waals surface area contributed by atoms with E-state index in [4.69, 9.17) is 4.74 Å². The van der Waals surface area contributed by atoms with Crippen molar-refractivity contribution in [1.82, 2.24) is 0 Å². The lowest BCUT2D eigenvalue weighted by Gasteiger charge is -2.29. The van der Waals surface area contributed by atoms with Crippen LogP contribution in [0.15, 0.2) is 72.8 Å². The fourth-order valence-corrected chi connectivity index (χ4v) is 9.72. The van der Waals surface area contributed by atoms with Gasteiger partial charge in [-0.05, 0) is 157 Å². The average molecular weight is 733 g/mol. The molecule has 2 fully saturated rings. The normalized spacial score (nSPS) is 19.7. The molecule has 2 aliphatic rings. The van der Waals surface area contributed by atoms with Gasteiger partial charge in [0, 0.05) is 0 Å². The van der Waals surface area contributed by atoms with Crippen molar-refractivity contribution in [2.24, 2.45) is 11.8 Å².